The van der Waals surface area contributed by atoms with Crippen molar-refractivity contribution in [1.82, 2.24) is 14.8 Å². The van der Waals surface area contributed by atoms with Gasteiger partial charge in [-0.2, -0.15) is 5.10 Å². The summed E-state index contributed by atoms with van der Waals surface area (Å²) in [6.45, 7) is 8.14. The fourth-order valence-electron chi connectivity index (χ4n) is 2.89. The molecule has 0 aliphatic carbocycles. The number of amides is 1. The molecule has 0 aliphatic heterocycles. The van der Waals surface area contributed by atoms with Gasteiger partial charge in [0.15, 0.2) is 5.65 Å². The van der Waals surface area contributed by atoms with Gasteiger partial charge in [-0.15, -0.1) is 0 Å². The van der Waals surface area contributed by atoms with E-state index in [2.05, 4.69) is 41.4 Å². The minimum atomic E-state index is -0.180. The molecule has 128 valence electrons. The van der Waals surface area contributed by atoms with Gasteiger partial charge in [0.2, 0.25) is 5.91 Å². The molecule has 1 aromatic carbocycles. The van der Waals surface area contributed by atoms with Crippen LogP contribution < -0.4 is 5.32 Å². The van der Waals surface area contributed by atoms with Gasteiger partial charge in [0.1, 0.15) is 0 Å². The van der Waals surface area contributed by atoms with Crippen molar-refractivity contribution in [3.05, 3.63) is 58.4 Å². The molecular weight excluding hydrogens is 312 g/mol. The number of carbonyl (C=O) groups excluding carboxylic acids is 1. The number of benzene rings is 1. The van der Waals surface area contributed by atoms with Crippen molar-refractivity contribution in [2.24, 2.45) is 7.05 Å². The van der Waals surface area contributed by atoms with Crippen molar-refractivity contribution >= 4 is 28.7 Å². The highest BCUT2D eigenvalue weighted by Crippen LogP contribution is 2.20. The standard InChI is InChI=1S/C20H22N4O/c1-12-8-14(3)16(9-13(12)2)6-7-19(25)22-17-10-18-15(4)23-24(5)20(18)21-11-17/h6-11H,1-5H3,(H,22,25)/b7-6+. The predicted molar refractivity (Wildman–Crippen MR) is 102 cm³/mol. The number of anilines is 1. The lowest BCUT2D eigenvalue weighted by Gasteiger charge is -2.06. The molecule has 3 aromatic rings. The van der Waals surface area contributed by atoms with E-state index in [-0.39, 0.29) is 5.91 Å². The van der Waals surface area contributed by atoms with Crippen LogP contribution in [0.25, 0.3) is 17.1 Å². The average Bonchev–Trinajstić information content (AvgIpc) is 2.84. The first-order chi connectivity index (χ1) is 11.8. The van der Waals surface area contributed by atoms with Gasteiger partial charge in [0.25, 0.3) is 0 Å². The number of pyridine rings is 1. The summed E-state index contributed by atoms with van der Waals surface area (Å²) in [5.41, 5.74) is 7.03. The Morgan fingerprint density at radius 2 is 1.80 bits per heavy atom. The smallest absolute Gasteiger partial charge is 0.248 e. The zero-order valence-electron chi connectivity index (χ0n) is 15.2. The Morgan fingerprint density at radius 1 is 1.08 bits per heavy atom. The topological polar surface area (TPSA) is 59.8 Å². The van der Waals surface area contributed by atoms with Gasteiger partial charge in [-0.1, -0.05) is 12.1 Å². The minimum absolute atomic E-state index is 0.180. The van der Waals surface area contributed by atoms with Crippen LogP contribution in [0.15, 0.2) is 30.5 Å². The highest BCUT2D eigenvalue weighted by atomic mass is 16.1. The summed E-state index contributed by atoms with van der Waals surface area (Å²) in [7, 11) is 1.86. The van der Waals surface area contributed by atoms with E-state index in [0.29, 0.717) is 5.69 Å². The molecule has 0 unspecified atom stereocenters. The van der Waals surface area contributed by atoms with Crippen LogP contribution in [0.4, 0.5) is 5.69 Å². The summed E-state index contributed by atoms with van der Waals surface area (Å²) in [6, 6.07) is 6.13. The highest BCUT2D eigenvalue weighted by molar-refractivity contribution is 6.02. The number of aromatic nitrogens is 3. The van der Waals surface area contributed by atoms with Gasteiger partial charge < -0.3 is 5.32 Å². The summed E-state index contributed by atoms with van der Waals surface area (Å²) < 4.78 is 1.73. The third-order valence-electron chi connectivity index (χ3n) is 4.43. The van der Waals surface area contributed by atoms with E-state index in [1.54, 1.807) is 17.0 Å². The van der Waals surface area contributed by atoms with Gasteiger partial charge in [-0.25, -0.2) is 4.98 Å². The SMILES string of the molecule is Cc1cc(C)c(/C=C/C(=O)Nc2cnc3c(c2)c(C)nn3C)cc1C. The number of hydrogen-bond acceptors (Lipinski definition) is 3. The number of nitrogens with zero attached hydrogens (tertiary/aromatic N) is 3. The van der Waals surface area contributed by atoms with Crippen LogP contribution in [-0.2, 0) is 11.8 Å². The minimum Gasteiger partial charge on any atom is -0.321 e. The second-order valence-electron chi connectivity index (χ2n) is 6.42. The van der Waals surface area contributed by atoms with E-state index >= 15 is 0 Å². The van der Waals surface area contributed by atoms with Gasteiger partial charge in [-0.05, 0) is 62.1 Å². The fraction of sp³-hybridized carbons (Fsp3) is 0.250. The Bertz CT molecular complexity index is 999. The van der Waals surface area contributed by atoms with Crippen LogP contribution in [0.2, 0.25) is 0 Å². The molecule has 0 fully saturated rings. The van der Waals surface area contributed by atoms with Crippen LogP contribution >= 0.6 is 0 Å². The van der Waals surface area contributed by atoms with E-state index in [1.165, 1.54) is 11.1 Å². The lowest BCUT2D eigenvalue weighted by atomic mass is 10.0. The largest absolute Gasteiger partial charge is 0.321 e. The third kappa shape index (κ3) is 3.45. The molecule has 1 amide bonds. The number of carbonyl (C=O) groups is 1. The fourth-order valence-corrected chi connectivity index (χ4v) is 2.89. The molecule has 0 aliphatic rings. The van der Waals surface area contributed by atoms with Crippen LogP contribution in [-0.4, -0.2) is 20.7 Å². The molecule has 0 atom stereocenters. The zero-order chi connectivity index (χ0) is 18.1. The van der Waals surface area contributed by atoms with E-state index < -0.39 is 0 Å². The molecule has 0 radical (unpaired) electrons. The Morgan fingerprint density at radius 3 is 2.56 bits per heavy atom. The Hall–Kier alpha value is -2.95. The molecule has 0 bridgehead atoms. The van der Waals surface area contributed by atoms with Crippen molar-refractivity contribution in [3.63, 3.8) is 0 Å². The predicted octanol–water partition coefficient (Wildman–Crippen LogP) is 3.85. The summed E-state index contributed by atoms with van der Waals surface area (Å²) in [6.07, 6.45) is 5.05. The molecule has 1 N–H and O–H groups in total. The monoisotopic (exact) mass is 334 g/mol. The number of nitrogens with one attached hydrogen (secondary N) is 1. The molecular formula is C20H22N4O. The molecule has 5 nitrogen and oxygen atoms in total. The third-order valence-corrected chi connectivity index (χ3v) is 4.43. The molecule has 0 spiro atoms. The lowest BCUT2D eigenvalue weighted by Crippen LogP contribution is -2.08. The maximum absolute atomic E-state index is 12.2. The van der Waals surface area contributed by atoms with E-state index in [4.69, 9.17) is 0 Å². The molecule has 0 saturated carbocycles. The molecule has 0 saturated heterocycles. The lowest BCUT2D eigenvalue weighted by molar-refractivity contribution is -0.111. The highest BCUT2D eigenvalue weighted by Gasteiger charge is 2.08. The number of rotatable bonds is 3. The van der Waals surface area contributed by atoms with Gasteiger partial charge in [0, 0.05) is 18.5 Å². The molecule has 2 heterocycles. The summed E-state index contributed by atoms with van der Waals surface area (Å²) >= 11 is 0. The van der Waals surface area contributed by atoms with Gasteiger partial charge in [-0.3, -0.25) is 9.48 Å². The molecule has 3 rings (SSSR count). The first-order valence-corrected chi connectivity index (χ1v) is 8.21. The van der Waals surface area contributed by atoms with Crippen molar-refractivity contribution in [3.8, 4) is 0 Å². The molecule has 2 aromatic heterocycles. The Labute approximate surface area is 147 Å². The van der Waals surface area contributed by atoms with Crippen LogP contribution in [0.1, 0.15) is 27.9 Å². The number of hydrogen-bond donors (Lipinski definition) is 1. The van der Waals surface area contributed by atoms with Crippen molar-refractivity contribution in [2.45, 2.75) is 27.7 Å². The zero-order valence-corrected chi connectivity index (χ0v) is 15.2. The number of aryl methyl sites for hydroxylation is 5. The normalized spacial score (nSPS) is 11.4. The summed E-state index contributed by atoms with van der Waals surface area (Å²) in [5.74, 6) is -0.180. The summed E-state index contributed by atoms with van der Waals surface area (Å²) in [4.78, 5) is 16.6. The van der Waals surface area contributed by atoms with E-state index in [9.17, 15) is 4.79 Å². The van der Waals surface area contributed by atoms with Crippen molar-refractivity contribution in [1.29, 1.82) is 0 Å². The van der Waals surface area contributed by atoms with E-state index in [1.807, 2.05) is 33.0 Å². The average molecular weight is 334 g/mol. The maximum Gasteiger partial charge on any atom is 0.248 e. The second-order valence-corrected chi connectivity index (χ2v) is 6.42. The van der Waals surface area contributed by atoms with Crippen LogP contribution in [0, 0.1) is 27.7 Å². The van der Waals surface area contributed by atoms with Crippen molar-refractivity contribution < 1.29 is 4.79 Å². The Balaban J connectivity index is 1.78. The van der Waals surface area contributed by atoms with E-state index in [0.717, 1.165) is 27.9 Å². The number of fused-ring (bicyclic) bond motifs is 1. The Kier molecular flexibility index (Phi) is 4.40. The first-order valence-electron chi connectivity index (χ1n) is 8.21. The van der Waals surface area contributed by atoms with Crippen molar-refractivity contribution in [2.75, 3.05) is 5.32 Å². The molecule has 25 heavy (non-hydrogen) atoms. The quantitative estimate of drug-likeness (QED) is 0.740. The van der Waals surface area contributed by atoms with Crippen LogP contribution in [0.3, 0.4) is 0 Å². The molecule has 5 heteroatoms. The second kappa shape index (κ2) is 6.51. The van der Waals surface area contributed by atoms with Gasteiger partial charge in [0.05, 0.1) is 17.6 Å². The van der Waals surface area contributed by atoms with Crippen LogP contribution in [0.5, 0.6) is 0 Å². The maximum atomic E-state index is 12.2. The first kappa shape index (κ1) is 16.9. The summed E-state index contributed by atoms with van der Waals surface area (Å²) in [5, 5.41) is 8.14. The van der Waals surface area contributed by atoms with Gasteiger partial charge >= 0.3 is 0 Å².